The van der Waals surface area contributed by atoms with Crippen molar-refractivity contribution in [3.05, 3.63) is 20.8 Å². The third kappa shape index (κ3) is 3.06. The zero-order valence-corrected chi connectivity index (χ0v) is 14.0. The number of hydrogen-bond donors (Lipinski definition) is 1. The van der Waals surface area contributed by atoms with Crippen LogP contribution in [0.3, 0.4) is 0 Å². The van der Waals surface area contributed by atoms with Crippen LogP contribution < -0.4 is 5.32 Å². The van der Waals surface area contributed by atoms with Crippen LogP contribution in [0.1, 0.15) is 38.3 Å². The zero-order valence-electron chi connectivity index (χ0n) is 13.3. The van der Waals surface area contributed by atoms with Crippen LogP contribution in [-0.4, -0.2) is 26.7 Å². The topological polar surface area (TPSA) is 90.1 Å². The van der Waals surface area contributed by atoms with Gasteiger partial charge in [0.1, 0.15) is 6.54 Å². The van der Waals surface area contributed by atoms with Crippen molar-refractivity contribution in [2.24, 2.45) is 17.8 Å². The van der Waals surface area contributed by atoms with Crippen LogP contribution in [-0.2, 0) is 11.3 Å². The lowest BCUT2D eigenvalue weighted by Gasteiger charge is -2.28. The maximum Gasteiger partial charge on any atom is 0.408 e. The highest BCUT2D eigenvalue weighted by molar-refractivity contribution is 6.33. The fourth-order valence-electron chi connectivity index (χ4n) is 4.23. The van der Waals surface area contributed by atoms with Gasteiger partial charge in [0.25, 0.3) is 0 Å². The highest BCUT2D eigenvalue weighted by atomic mass is 35.5. The van der Waals surface area contributed by atoms with Crippen LogP contribution in [0.2, 0.25) is 5.02 Å². The van der Waals surface area contributed by atoms with Crippen molar-refractivity contribution in [3.63, 3.8) is 0 Å². The van der Waals surface area contributed by atoms with E-state index < -0.39 is 10.7 Å². The van der Waals surface area contributed by atoms with Gasteiger partial charge in [-0.05, 0) is 55.8 Å². The fourth-order valence-corrected chi connectivity index (χ4v) is 4.43. The van der Waals surface area contributed by atoms with Gasteiger partial charge in [-0.15, -0.1) is 0 Å². The number of halogens is 1. The summed E-state index contributed by atoms with van der Waals surface area (Å²) in [5, 5.41) is 17.7. The van der Waals surface area contributed by atoms with E-state index in [1.807, 2.05) is 0 Å². The summed E-state index contributed by atoms with van der Waals surface area (Å²) in [5.41, 5.74) is 0.432. The Bertz CT molecular complexity index is 645. The molecule has 2 bridgehead atoms. The van der Waals surface area contributed by atoms with E-state index >= 15 is 0 Å². The van der Waals surface area contributed by atoms with Gasteiger partial charge >= 0.3 is 5.82 Å². The van der Waals surface area contributed by atoms with Gasteiger partial charge in [0, 0.05) is 6.04 Å². The summed E-state index contributed by atoms with van der Waals surface area (Å²) in [6.07, 6.45) is 5.10. The largest absolute Gasteiger partial charge is 0.408 e. The van der Waals surface area contributed by atoms with Gasteiger partial charge in [-0.1, -0.05) is 18.0 Å². The summed E-state index contributed by atoms with van der Waals surface area (Å²) in [6, 6.07) is 0.124. The second kappa shape index (κ2) is 6.11. The minimum atomic E-state index is -0.637. The first-order valence-electron chi connectivity index (χ1n) is 8.03. The van der Waals surface area contributed by atoms with E-state index in [-0.39, 0.29) is 23.5 Å². The van der Waals surface area contributed by atoms with Gasteiger partial charge in [0.15, 0.2) is 5.02 Å². The van der Waals surface area contributed by atoms with E-state index in [2.05, 4.69) is 17.3 Å². The molecule has 0 aliphatic heterocycles. The Morgan fingerprint density at radius 1 is 1.52 bits per heavy atom. The molecule has 1 N–H and O–H groups in total. The lowest BCUT2D eigenvalue weighted by Crippen LogP contribution is -2.41. The Labute approximate surface area is 139 Å². The molecule has 23 heavy (non-hydrogen) atoms. The lowest BCUT2D eigenvalue weighted by atomic mass is 9.84. The number of amides is 1. The summed E-state index contributed by atoms with van der Waals surface area (Å²) in [7, 11) is 0. The Balaban J connectivity index is 1.61. The minimum Gasteiger partial charge on any atom is -0.358 e. The van der Waals surface area contributed by atoms with Gasteiger partial charge in [-0.3, -0.25) is 4.79 Å². The first kappa shape index (κ1) is 16.2. The van der Waals surface area contributed by atoms with Crippen LogP contribution in [0, 0.1) is 34.8 Å². The summed E-state index contributed by atoms with van der Waals surface area (Å²) in [4.78, 5) is 22.4. The molecule has 2 aliphatic carbocycles. The highest BCUT2D eigenvalue weighted by Gasteiger charge is 2.42. The van der Waals surface area contributed by atoms with Crippen LogP contribution in [0.15, 0.2) is 0 Å². The van der Waals surface area contributed by atoms with Gasteiger partial charge in [-0.25, -0.2) is 0 Å². The Kier molecular flexibility index (Phi) is 4.31. The average molecular weight is 341 g/mol. The monoisotopic (exact) mass is 340 g/mol. The SMILES string of the molecule is Cc1c(Cl)c([N+](=O)[O-])nn1CC(=O)N[C@@H](C)[C@H]1C[C@@H]2CC[C@@H]1C2. The van der Waals surface area contributed by atoms with Crippen LogP contribution in [0.4, 0.5) is 5.82 Å². The number of nitrogens with one attached hydrogen (secondary N) is 1. The van der Waals surface area contributed by atoms with E-state index in [1.54, 1.807) is 6.92 Å². The predicted octanol–water partition coefficient (Wildman–Crippen LogP) is 2.69. The number of carbonyl (C=O) groups is 1. The van der Waals surface area contributed by atoms with E-state index in [0.29, 0.717) is 11.6 Å². The molecule has 2 aliphatic rings. The van der Waals surface area contributed by atoms with Crippen molar-refractivity contribution in [2.75, 3.05) is 0 Å². The van der Waals surface area contributed by atoms with E-state index in [9.17, 15) is 14.9 Å². The third-order valence-electron chi connectivity index (χ3n) is 5.41. The van der Waals surface area contributed by atoms with Crippen molar-refractivity contribution in [2.45, 2.75) is 52.1 Å². The second-order valence-electron chi connectivity index (χ2n) is 6.83. The minimum absolute atomic E-state index is 0.0102. The normalized spacial score (nSPS) is 27.2. The maximum absolute atomic E-state index is 12.2. The Morgan fingerprint density at radius 3 is 2.78 bits per heavy atom. The van der Waals surface area contributed by atoms with Crippen LogP contribution >= 0.6 is 11.6 Å². The van der Waals surface area contributed by atoms with Crippen molar-refractivity contribution in [1.82, 2.24) is 15.1 Å². The second-order valence-corrected chi connectivity index (χ2v) is 7.21. The van der Waals surface area contributed by atoms with Crippen molar-refractivity contribution in [3.8, 4) is 0 Å². The molecule has 0 saturated heterocycles. The van der Waals surface area contributed by atoms with E-state index in [0.717, 1.165) is 11.8 Å². The predicted molar refractivity (Wildman–Crippen MR) is 85.2 cm³/mol. The maximum atomic E-state index is 12.2. The molecule has 0 spiro atoms. The molecule has 1 aromatic heterocycles. The first-order valence-corrected chi connectivity index (χ1v) is 8.41. The van der Waals surface area contributed by atoms with Crippen molar-refractivity contribution in [1.29, 1.82) is 0 Å². The first-order chi connectivity index (χ1) is 10.9. The smallest absolute Gasteiger partial charge is 0.358 e. The summed E-state index contributed by atoms with van der Waals surface area (Å²) >= 11 is 5.89. The molecule has 8 heteroatoms. The highest BCUT2D eigenvalue weighted by Crippen LogP contribution is 2.49. The van der Waals surface area contributed by atoms with Gasteiger partial charge in [-0.2, -0.15) is 4.68 Å². The van der Waals surface area contributed by atoms with Gasteiger partial charge in [0.2, 0.25) is 5.91 Å². The van der Waals surface area contributed by atoms with Crippen molar-refractivity contribution >= 4 is 23.3 Å². The molecule has 0 radical (unpaired) electrons. The molecule has 0 unspecified atom stereocenters. The van der Waals surface area contributed by atoms with Gasteiger partial charge < -0.3 is 15.4 Å². The molecular formula is C15H21ClN4O3. The molecule has 2 fully saturated rings. The molecule has 126 valence electrons. The molecule has 0 aromatic carbocycles. The summed E-state index contributed by atoms with van der Waals surface area (Å²) < 4.78 is 1.29. The molecule has 1 amide bonds. The number of rotatable bonds is 5. The van der Waals surface area contributed by atoms with Crippen LogP contribution in [0.25, 0.3) is 0 Å². The van der Waals surface area contributed by atoms with E-state index in [1.165, 1.54) is 30.4 Å². The average Bonchev–Trinajstić information content (AvgIpc) is 3.17. The molecule has 4 atom stereocenters. The number of fused-ring (bicyclic) bond motifs is 2. The molecule has 7 nitrogen and oxygen atoms in total. The lowest BCUT2D eigenvalue weighted by molar-refractivity contribution is -0.389. The quantitative estimate of drug-likeness (QED) is 0.659. The number of hydrogen-bond acceptors (Lipinski definition) is 4. The molecule has 1 aromatic rings. The number of carbonyl (C=O) groups excluding carboxylic acids is 1. The third-order valence-corrected chi connectivity index (χ3v) is 5.85. The van der Waals surface area contributed by atoms with Crippen LogP contribution in [0.5, 0.6) is 0 Å². The number of aromatic nitrogens is 2. The molecule has 3 rings (SSSR count). The molecular weight excluding hydrogens is 320 g/mol. The summed E-state index contributed by atoms with van der Waals surface area (Å²) in [5.74, 6) is 1.53. The van der Waals surface area contributed by atoms with Gasteiger partial charge in [0.05, 0.1) is 10.8 Å². The Morgan fingerprint density at radius 2 is 2.26 bits per heavy atom. The molecule has 2 saturated carbocycles. The fraction of sp³-hybridized carbons (Fsp3) is 0.733. The molecule has 1 heterocycles. The number of nitro groups is 1. The van der Waals surface area contributed by atoms with Crippen molar-refractivity contribution < 1.29 is 9.72 Å². The standard InChI is InChI=1S/C15H21ClN4O3/c1-8(12-6-10-3-4-11(12)5-10)17-13(21)7-19-9(2)14(16)15(18-19)20(22)23/h8,10-12H,3-7H2,1-2H3,(H,17,21)/t8-,10+,11+,12+/m0/s1. The van der Waals surface area contributed by atoms with E-state index in [4.69, 9.17) is 11.6 Å². The summed E-state index contributed by atoms with van der Waals surface area (Å²) in [6.45, 7) is 3.62. The zero-order chi connectivity index (χ0) is 16.7. The Hall–Kier alpha value is -1.63. The number of nitrogens with zero attached hydrogens (tertiary/aromatic N) is 3.